The van der Waals surface area contributed by atoms with Crippen LogP contribution in [0.2, 0.25) is 0 Å². The van der Waals surface area contributed by atoms with Crippen molar-refractivity contribution >= 4 is 0 Å². The van der Waals surface area contributed by atoms with E-state index in [4.69, 9.17) is 0 Å². The van der Waals surface area contributed by atoms with Gasteiger partial charge in [0.15, 0.2) is 0 Å². The Labute approximate surface area is 95.9 Å². The largest absolute Gasteiger partial charge is 0.416 e. The Morgan fingerprint density at radius 3 is 2.53 bits per heavy atom. The second kappa shape index (κ2) is 4.20. The summed E-state index contributed by atoms with van der Waals surface area (Å²) < 4.78 is 39.5. The number of nitrogens with zero attached hydrogens (tertiary/aromatic N) is 3. The van der Waals surface area contributed by atoms with Gasteiger partial charge in [0.25, 0.3) is 0 Å². The zero-order valence-electron chi connectivity index (χ0n) is 9.07. The van der Waals surface area contributed by atoms with Crippen LogP contribution in [0.1, 0.15) is 16.8 Å². The van der Waals surface area contributed by atoms with Crippen LogP contribution in [0.4, 0.5) is 13.2 Å². The minimum Gasteiger partial charge on any atom is -0.248 e. The molecule has 0 aliphatic rings. The van der Waals surface area contributed by atoms with Crippen LogP contribution in [-0.4, -0.2) is 15.0 Å². The molecule has 0 saturated carbocycles. The van der Waals surface area contributed by atoms with Gasteiger partial charge in [-0.3, -0.25) is 0 Å². The van der Waals surface area contributed by atoms with Crippen molar-refractivity contribution in [2.24, 2.45) is 0 Å². The van der Waals surface area contributed by atoms with Gasteiger partial charge in [0.1, 0.15) is 0 Å². The summed E-state index contributed by atoms with van der Waals surface area (Å²) in [5.41, 5.74) is 0.229. The van der Waals surface area contributed by atoms with E-state index in [1.54, 1.807) is 19.2 Å². The van der Waals surface area contributed by atoms with Gasteiger partial charge < -0.3 is 0 Å². The van der Waals surface area contributed by atoms with Crippen molar-refractivity contribution in [3.63, 3.8) is 0 Å². The fourth-order valence-corrected chi connectivity index (χ4v) is 1.58. The van der Waals surface area contributed by atoms with Crippen molar-refractivity contribution in [2.75, 3.05) is 0 Å². The number of hydrogen-bond donors (Lipinski definition) is 0. The highest BCUT2D eigenvalue weighted by atomic mass is 19.4. The van der Waals surface area contributed by atoms with Gasteiger partial charge in [-0.25, -0.2) is 4.68 Å². The molecule has 90 valence electrons. The Bertz CT molecular complexity index is 517. The Morgan fingerprint density at radius 1 is 1.24 bits per heavy atom. The molecule has 3 nitrogen and oxygen atoms in total. The van der Waals surface area contributed by atoms with Crippen LogP contribution in [0.5, 0.6) is 0 Å². The zero-order valence-corrected chi connectivity index (χ0v) is 9.07. The van der Waals surface area contributed by atoms with Gasteiger partial charge in [0.05, 0.1) is 17.8 Å². The zero-order chi connectivity index (χ0) is 12.5. The highest BCUT2D eigenvalue weighted by Crippen LogP contribution is 2.32. The summed E-state index contributed by atoms with van der Waals surface area (Å²) in [6.07, 6.45) is -2.74. The average molecular weight is 241 g/mol. The fraction of sp³-hybridized carbons (Fsp3) is 0.273. The third-order valence-corrected chi connectivity index (χ3v) is 2.31. The Kier molecular flexibility index (Phi) is 2.87. The molecule has 2 aromatic rings. The molecular formula is C11H10F3N3. The average Bonchev–Trinajstić information content (AvgIpc) is 2.63. The minimum absolute atomic E-state index is 0.0660. The second-order valence-electron chi connectivity index (χ2n) is 3.71. The van der Waals surface area contributed by atoms with E-state index in [1.165, 1.54) is 16.8 Å². The van der Waals surface area contributed by atoms with E-state index in [9.17, 15) is 13.2 Å². The summed E-state index contributed by atoms with van der Waals surface area (Å²) in [5, 5.41) is 7.47. The Morgan fingerprint density at radius 2 is 1.94 bits per heavy atom. The fourth-order valence-electron chi connectivity index (χ4n) is 1.58. The highest BCUT2D eigenvalue weighted by Gasteiger charge is 2.32. The minimum atomic E-state index is -4.34. The van der Waals surface area contributed by atoms with Crippen LogP contribution in [0, 0.1) is 6.92 Å². The van der Waals surface area contributed by atoms with Crippen molar-refractivity contribution in [3.05, 3.63) is 47.3 Å². The molecular weight excluding hydrogens is 231 g/mol. The summed E-state index contributed by atoms with van der Waals surface area (Å²) in [6, 6.07) is 5.46. The highest BCUT2D eigenvalue weighted by molar-refractivity contribution is 5.29. The lowest BCUT2D eigenvalue weighted by molar-refractivity contribution is -0.138. The normalized spacial score (nSPS) is 11.8. The lowest BCUT2D eigenvalue weighted by Crippen LogP contribution is -2.11. The van der Waals surface area contributed by atoms with Crippen LogP contribution in [0.15, 0.2) is 30.5 Å². The lowest BCUT2D eigenvalue weighted by atomic mass is 10.1. The lowest BCUT2D eigenvalue weighted by Gasteiger charge is -2.12. The molecule has 0 bridgehead atoms. The number of hydrogen-bond acceptors (Lipinski definition) is 2. The number of halogens is 3. The number of benzene rings is 1. The maximum atomic E-state index is 12.7. The van der Waals surface area contributed by atoms with Crippen LogP contribution < -0.4 is 0 Å². The molecule has 1 aromatic carbocycles. The standard InChI is InChI=1S/C11H10F3N3/c1-8-6-17(16-15-8)7-9-4-2-3-5-10(9)11(12,13)14/h2-6H,7H2,1H3. The monoisotopic (exact) mass is 241 g/mol. The van der Waals surface area contributed by atoms with Crippen LogP contribution in [0.25, 0.3) is 0 Å². The maximum Gasteiger partial charge on any atom is 0.416 e. The summed E-state index contributed by atoms with van der Waals surface area (Å²) in [6.45, 7) is 1.80. The number of rotatable bonds is 2. The van der Waals surface area contributed by atoms with E-state index in [-0.39, 0.29) is 12.1 Å². The van der Waals surface area contributed by atoms with Gasteiger partial charge in [0.2, 0.25) is 0 Å². The van der Waals surface area contributed by atoms with Gasteiger partial charge >= 0.3 is 6.18 Å². The first kappa shape index (κ1) is 11.6. The quantitative estimate of drug-likeness (QED) is 0.809. The molecule has 0 aliphatic carbocycles. The molecule has 1 aromatic heterocycles. The van der Waals surface area contributed by atoms with Crippen molar-refractivity contribution in [2.45, 2.75) is 19.6 Å². The third-order valence-electron chi connectivity index (χ3n) is 2.31. The van der Waals surface area contributed by atoms with Gasteiger partial charge in [0, 0.05) is 6.20 Å². The predicted octanol–water partition coefficient (Wildman–Crippen LogP) is 2.65. The van der Waals surface area contributed by atoms with Crippen molar-refractivity contribution in [3.8, 4) is 0 Å². The summed E-state index contributed by atoms with van der Waals surface area (Å²) in [7, 11) is 0. The van der Waals surface area contributed by atoms with E-state index in [2.05, 4.69) is 10.3 Å². The predicted molar refractivity (Wildman–Crippen MR) is 55.3 cm³/mol. The number of aromatic nitrogens is 3. The maximum absolute atomic E-state index is 12.7. The van der Waals surface area contributed by atoms with E-state index in [1.807, 2.05) is 0 Å². The Hall–Kier alpha value is -1.85. The molecule has 0 N–H and O–H groups in total. The molecule has 1 heterocycles. The van der Waals surface area contributed by atoms with Gasteiger partial charge in [-0.15, -0.1) is 5.10 Å². The molecule has 2 rings (SSSR count). The van der Waals surface area contributed by atoms with Crippen molar-refractivity contribution in [1.82, 2.24) is 15.0 Å². The molecule has 0 amide bonds. The third kappa shape index (κ3) is 2.64. The molecule has 0 unspecified atom stereocenters. The van der Waals surface area contributed by atoms with E-state index in [0.29, 0.717) is 5.69 Å². The molecule has 17 heavy (non-hydrogen) atoms. The molecule has 0 saturated heterocycles. The van der Waals surface area contributed by atoms with E-state index < -0.39 is 11.7 Å². The molecule has 0 atom stereocenters. The van der Waals surface area contributed by atoms with Gasteiger partial charge in [-0.1, -0.05) is 23.4 Å². The van der Waals surface area contributed by atoms with Crippen molar-refractivity contribution < 1.29 is 13.2 Å². The number of aryl methyl sites for hydroxylation is 1. The first-order chi connectivity index (χ1) is 7.97. The van der Waals surface area contributed by atoms with Gasteiger partial charge in [-0.05, 0) is 18.6 Å². The second-order valence-corrected chi connectivity index (χ2v) is 3.71. The first-order valence-corrected chi connectivity index (χ1v) is 4.98. The van der Waals surface area contributed by atoms with Crippen LogP contribution in [-0.2, 0) is 12.7 Å². The molecule has 6 heteroatoms. The van der Waals surface area contributed by atoms with Gasteiger partial charge in [-0.2, -0.15) is 13.2 Å². The van der Waals surface area contributed by atoms with E-state index >= 15 is 0 Å². The summed E-state index contributed by atoms with van der Waals surface area (Å²) >= 11 is 0. The van der Waals surface area contributed by atoms with Crippen molar-refractivity contribution in [1.29, 1.82) is 0 Å². The molecule has 0 spiro atoms. The van der Waals surface area contributed by atoms with E-state index in [0.717, 1.165) is 6.07 Å². The Balaban J connectivity index is 2.33. The molecule has 0 fully saturated rings. The molecule has 0 radical (unpaired) electrons. The molecule has 0 aliphatic heterocycles. The van der Waals surface area contributed by atoms with Crippen LogP contribution >= 0.6 is 0 Å². The topological polar surface area (TPSA) is 30.7 Å². The smallest absolute Gasteiger partial charge is 0.248 e. The number of alkyl halides is 3. The first-order valence-electron chi connectivity index (χ1n) is 4.98. The SMILES string of the molecule is Cc1cn(Cc2ccccc2C(F)(F)F)nn1. The van der Waals surface area contributed by atoms with Crippen LogP contribution in [0.3, 0.4) is 0 Å². The summed E-state index contributed by atoms with van der Waals surface area (Å²) in [4.78, 5) is 0. The summed E-state index contributed by atoms with van der Waals surface area (Å²) in [5.74, 6) is 0.